The third-order valence-electron chi connectivity index (χ3n) is 2.29. The monoisotopic (exact) mass is 397 g/mol. The summed E-state index contributed by atoms with van der Waals surface area (Å²) < 4.78 is 27.2. The van der Waals surface area contributed by atoms with Crippen LogP contribution < -0.4 is 10.0 Å². The Kier molecular flexibility index (Phi) is 5.76. The summed E-state index contributed by atoms with van der Waals surface area (Å²) in [5.41, 5.74) is -0.453. The predicted octanol–water partition coefficient (Wildman–Crippen LogP) is 2.08. The van der Waals surface area contributed by atoms with E-state index in [0.29, 0.717) is 4.47 Å². The van der Waals surface area contributed by atoms with Gasteiger partial charge in [-0.15, -0.1) is 0 Å². The minimum atomic E-state index is -3.95. The minimum Gasteiger partial charge on any atom is -0.350 e. The van der Waals surface area contributed by atoms with Crippen molar-refractivity contribution in [2.75, 3.05) is 0 Å². The van der Waals surface area contributed by atoms with E-state index in [1.807, 2.05) is 0 Å². The van der Waals surface area contributed by atoms with Gasteiger partial charge in [0.25, 0.3) is 0 Å². The van der Waals surface area contributed by atoms with Crippen molar-refractivity contribution >= 4 is 43.5 Å². The van der Waals surface area contributed by atoms with Gasteiger partial charge in [0.2, 0.25) is 15.9 Å². The third kappa shape index (κ3) is 5.54. The zero-order valence-electron chi connectivity index (χ0n) is 12.1. The summed E-state index contributed by atoms with van der Waals surface area (Å²) >= 11 is 8.93. The molecule has 0 bridgehead atoms. The lowest BCUT2D eigenvalue weighted by atomic mass is 10.1. The molecule has 118 valence electrons. The Morgan fingerprint density at radius 1 is 1.43 bits per heavy atom. The summed E-state index contributed by atoms with van der Waals surface area (Å²) in [7, 11) is -3.95. The second-order valence-corrected chi connectivity index (χ2v) is 8.48. The van der Waals surface area contributed by atoms with Crippen molar-refractivity contribution in [3.63, 3.8) is 0 Å². The first-order chi connectivity index (χ1) is 9.42. The average molecular weight is 399 g/mol. The van der Waals surface area contributed by atoms with Crippen molar-refractivity contribution in [1.29, 1.82) is 0 Å². The van der Waals surface area contributed by atoms with Gasteiger partial charge in [-0.2, -0.15) is 4.72 Å². The van der Waals surface area contributed by atoms with Gasteiger partial charge in [0.15, 0.2) is 0 Å². The number of halogens is 2. The molecule has 0 saturated carbocycles. The van der Waals surface area contributed by atoms with E-state index in [2.05, 4.69) is 31.0 Å². The highest BCUT2D eigenvalue weighted by Gasteiger charge is 2.26. The van der Waals surface area contributed by atoms with Gasteiger partial charge in [0, 0.05) is 16.2 Å². The maximum atomic E-state index is 12.2. The number of carbonyl (C=O) groups excluding carboxylic acids is 1. The van der Waals surface area contributed by atoms with E-state index in [1.54, 1.807) is 20.8 Å². The van der Waals surface area contributed by atoms with Crippen molar-refractivity contribution < 1.29 is 13.2 Å². The number of hydrogen-bond donors (Lipinski definition) is 2. The molecule has 1 heterocycles. The maximum absolute atomic E-state index is 12.2. The first kappa shape index (κ1) is 18.3. The number of pyridine rings is 1. The molecule has 1 aromatic heterocycles. The SMILES string of the molecule is CC(NS(=O)(=O)c1cc(Br)cnc1Cl)C(=O)NC(C)(C)C. The molecular formula is C12H17BrClN3O3S. The molecule has 0 saturated heterocycles. The lowest BCUT2D eigenvalue weighted by Gasteiger charge is -2.23. The van der Waals surface area contributed by atoms with Gasteiger partial charge >= 0.3 is 0 Å². The van der Waals surface area contributed by atoms with Crippen molar-refractivity contribution in [1.82, 2.24) is 15.0 Å². The highest BCUT2D eigenvalue weighted by Crippen LogP contribution is 2.22. The molecule has 0 radical (unpaired) electrons. The van der Waals surface area contributed by atoms with Crippen molar-refractivity contribution in [3.05, 3.63) is 21.9 Å². The van der Waals surface area contributed by atoms with Gasteiger partial charge in [-0.25, -0.2) is 13.4 Å². The molecule has 1 atom stereocenters. The molecule has 0 aliphatic carbocycles. The molecule has 0 fully saturated rings. The Morgan fingerprint density at radius 2 is 2.00 bits per heavy atom. The van der Waals surface area contributed by atoms with Crippen molar-refractivity contribution in [2.24, 2.45) is 0 Å². The molecule has 0 spiro atoms. The molecule has 1 aromatic rings. The molecule has 2 N–H and O–H groups in total. The van der Waals surface area contributed by atoms with E-state index in [4.69, 9.17) is 11.6 Å². The number of aromatic nitrogens is 1. The Balaban J connectivity index is 2.95. The first-order valence-corrected chi connectivity index (χ1v) is 8.73. The summed E-state index contributed by atoms with van der Waals surface area (Å²) in [5.74, 6) is -0.426. The van der Waals surface area contributed by atoms with Crippen LogP contribution in [0.1, 0.15) is 27.7 Å². The van der Waals surface area contributed by atoms with E-state index in [-0.39, 0.29) is 10.0 Å². The average Bonchev–Trinajstić information content (AvgIpc) is 2.29. The molecule has 0 aliphatic heterocycles. The van der Waals surface area contributed by atoms with Crippen LogP contribution in [-0.4, -0.2) is 30.9 Å². The summed E-state index contributed by atoms with van der Waals surface area (Å²) in [6.07, 6.45) is 1.39. The summed E-state index contributed by atoms with van der Waals surface area (Å²) in [5, 5.41) is 2.54. The fourth-order valence-electron chi connectivity index (χ4n) is 1.42. The van der Waals surface area contributed by atoms with Gasteiger partial charge in [0.05, 0.1) is 6.04 Å². The van der Waals surface area contributed by atoms with Crippen molar-refractivity contribution in [3.8, 4) is 0 Å². The van der Waals surface area contributed by atoms with Crippen LogP contribution in [-0.2, 0) is 14.8 Å². The lowest BCUT2D eigenvalue weighted by molar-refractivity contribution is -0.123. The maximum Gasteiger partial charge on any atom is 0.244 e. The molecule has 21 heavy (non-hydrogen) atoms. The highest BCUT2D eigenvalue weighted by molar-refractivity contribution is 9.10. The molecule has 9 heteroatoms. The quantitative estimate of drug-likeness (QED) is 0.760. The van der Waals surface area contributed by atoms with Gasteiger partial charge in [-0.3, -0.25) is 4.79 Å². The number of carbonyl (C=O) groups is 1. The number of rotatable bonds is 4. The molecule has 1 rings (SSSR count). The largest absolute Gasteiger partial charge is 0.350 e. The molecule has 0 aliphatic rings. The Labute approximate surface area is 137 Å². The Hall–Kier alpha value is -0.700. The zero-order valence-corrected chi connectivity index (χ0v) is 15.2. The van der Waals surface area contributed by atoms with Crippen LogP contribution in [0.4, 0.5) is 0 Å². The van der Waals surface area contributed by atoms with Gasteiger partial charge in [-0.1, -0.05) is 11.6 Å². The predicted molar refractivity (Wildman–Crippen MR) is 84.6 cm³/mol. The van der Waals surface area contributed by atoms with Crippen LogP contribution in [0.15, 0.2) is 21.6 Å². The molecule has 1 amide bonds. The summed E-state index contributed by atoms with van der Waals surface area (Å²) in [6, 6.07) is 0.385. The first-order valence-electron chi connectivity index (χ1n) is 6.08. The van der Waals surface area contributed by atoms with Crippen LogP contribution in [0.5, 0.6) is 0 Å². The topological polar surface area (TPSA) is 88.2 Å². The highest BCUT2D eigenvalue weighted by atomic mass is 79.9. The molecule has 0 aromatic carbocycles. The van der Waals surface area contributed by atoms with Gasteiger partial charge < -0.3 is 5.32 Å². The fourth-order valence-corrected chi connectivity index (χ4v) is 3.57. The standard InChI is InChI=1S/C12H17BrClN3O3S/c1-7(11(18)16-12(2,3)4)17-21(19,20)9-5-8(13)6-15-10(9)14/h5-7,17H,1-4H3,(H,16,18). The van der Waals surface area contributed by atoms with E-state index >= 15 is 0 Å². The molecular weight excluding hydrogens is 382 g/mol. The minimum absolute atomic E-state index is 0.158. The third-order valence-corrected chi connectivity index (χ3v) is 4.69. The zero-order chi connectivity index (χ0) is 16.4. The van der Waals surface area contributed by atoms with Crippen LogP contribution in [0, 0.1) is 0 Å². The normalized spacial score (nSPS) is 13.8. The fraction of sp³-hybridized carbons (Fsp3) is 0.500. The van der Waals surface area contributed by atoms with E-state index < -0.39 is 27.5 Å². The van der Waals surface area contributed by atoms with Crippen molar-refractivity contribution in [2.45, 2.75) is 44.2 Å². The Bertz CT molecular complexity index is 644. The molecule has 1 unspecified atom stereocenters. The number of hydrogen-bond acceptors (Lipinski definition) is 4. The van der Waals surface area contributed by atoms with E-state index in [9.17, 15) is 13.2 Å². The smallest absolute Gasteiger partial charge is 0.244 e. The Morgan fingerprint density at radius 3 is 2.52 bits per heavy atom. The van der Waals surface area contributed by atoms with Gasteiger partial charge in [0.1, 0.15) is 10.0 Å². The number of nitrogens with zero attached hydrogens (tertiary/aromatic N) is 1. The second kappa shape index (κ2) is 6.60. The number of nitrogens with one attached hydrogen (secondary N) is 2. The van der Waals surface area contributed by atoms with Crippen LogP contribution in [0.3, 0.4) is 0 Å². The lowest BCUT2D eigenvalue weighted by Crippen LogP contribution is -2.50. The van der Waals surface area contributed by atoms with Crippen LogP contribution in [0.2, 0.25) is 5.15 Å². The van der Waals surface area contributed by atoms with E-state index in [0.717, 1.165) is 0 Å². The summed E-state index contributed by atoms with van der Waals surface area (Å²) in [4.78, 5) is 15.5. The second-order valence-electron chi connectivity index (χ2n) is 5.52. The number of sulfonamides is 1. The van der Waals surface area contributed by atoms with Gasteiger partial charge in [-0.05, 0) is 49.7 Å². The van der Waals surface area contributed by atoms with E-state index in [1.165, 1.54) is 19.2 Å². The van der Waals surface area contributed by atoms with Crippen LogP contribution >= 0.6 is 27.5 Å². The summed E-state index contributed by atoms with van der Waals surface area (Å²) in [6.45, 7) is 6.88. The van der Waals surface area contributed by atoms with Crippen LogP contribution in [0.25, 0.3) is 0 Å². The molecule has 6 nitrogen and oxygen atoms in total. The number of amides is 1.